The number of rotatable bonds is 2. The minimum Gasteiger partial charge on any atom is -0.436 e. The van der Waals surface area contributed by atoms with Gasteiger partial charge in [0.05, 0.1) is 0 Å². The Bertz CT molecular complexity index is 969. The second-order valence-corrected chi connectivity index (χ2v) is 7.63. The summed E-state index contributed by atoms with van der Waals surface area (Å²) in [7, 11) is 0. The average molecular weight is 367 g/mol. The van der Waals surface area contributed by atoms with E-state index in [2.05, 4.69) is 15.6 Å². The Morgan fingerprint density at radius 3 is 2.46 bits per heavy atom. The first-order valence-corrected chi connectivity index (χ1v) is 8.73. The summed E-state index contributed by atoms with van der Waals surface area (Å²) in [6, 6.07) is 13.5. The number of carbonyl (C=O) groups excluding carboxylic acids is 1. The van der Waals surface area contributed by atoms with Crippen LogP contribution in [0.5, 0.6) is 0 Å². The summed E-state index contributed by atoms with van der Waals surface area (Å²) in [4.78, 5) is 16.5. The van der Waals surface area contributed by atoms with Gasteiger partial charge in [0.25, 0.3) is 0 Å². The largest absolute Gasteiger partial charge is 0.436 e. The summed E-state index contributed by atoms with van der Waals surface area (Å²) in [6.07, 6.45) is 0. The zero-order chi connectivity index (χ0) is 18.9. The van der Waals surface area contributed by atoms with Crippen molar-refractivity contribution < 1.29 is 9.21 Å². The summed E-state index contributed by atoms with van der Waals surface area (Å²) in [6.45, 7) is 7.52. The van der Waals surface area contributed by atoms with Crippen molar-refractivity contribution in [2.24, 2.45) is 5.41 Å². The summed E-state index contributed by atoms with van der Waals surface area (Å²) in [5, 5.41) is 5.97. The smallest absolute Gasteiger partial charge is 0.231 e. The van der Waals surface area contributed by atoms with Gasteiger partial charge in [-0.1, -0.05) is 26.8 Å². The van der Waals surface area contributed by atoms with Gasteiger partial charge in [-0.3, -0.25) is 4.79 Å². The molecule has 3 aromatic rings. The minimum absolute atomic E-state index is 0.131. The monoisotopic (exact) mass is 367 g/mol. The highest BCUT2D eigenvalue weighted by Crippen LogP contribution is 2.26. The summed E-state index contributed by atoms with van der Waals surface area (Å²) in [5.74, 6) is 0.439. The average Bonchev–Trinajstić information content (AvgIpc) is 2.97. The molecular weight excluding hydrogens is 346 g/mol. The molecule has 26 heavy (non-hydrogen) atoms. The van der Waals surface area contributed by atoms with E-state index in [1.165, 1.54) is 0 Å². The Hall–Kier alpha value is -2.73. The third-order valence-electron chi connectivity index (χ3n) is 3.84. The van der Waals surface area contributed by atoms with Crippen molar-refractivity contribution in [3.63, 3.8) is 0 Å². The van der Waals surface area contributed by atoms with E-state index in [0.717, 1.165) is 27.9 Å². The van der Waals surface area contributed by atoms with Crippen LogP contribution in [0.1, 0.15) is 26.3 Å². The molecule has 0 aliphatic carbocycles. The SMILES string of the molecule is Cc1ccc2nc(-c3ccc(NC(=S)NC(=O)C(C)(C)C)cc3)oc2c1. The normalized spacial score (nSPS) is 11.4. The van der Waals surface area contributed by atoms with Crippen LogP contribution >= 0.6 is 12.2 Å². The molecule has 1 heterocycles. The van der Waals surface area contributed by atoms with Crippen LogP contribution in [0, 0.1) is 12.3 Å². The first kappa shape index (κ1) is 18.1. The molecule has 6 heteroatoms. The van der Waals surface area contributed by atoms with E-state index in [-0.39, 0.29) is 11.0 Å². The number of anilines is 1. The molecule has 0 saturated heterocycles. The number of carbonyl (C=O) groups is 1. The predicted octanol–water partition coefficient (Wildman–Crippen LogP) is 4.66. The standard InChI is InChI=1S/C20H21N3O2S/c1-12-5-10-15-16(11-12)25-17(22-15)13-6-8-14(9-7-13)21-19(26)23-18(24)20(2,3)4/h5-11H,1-4H3,(H2,21,23,24,26). The number of nitrogens with one attached hydrogen (secondary N) is 2. The number of nitrogens with zero attached hydrogens (tertiary/aromatic N) is 1. The topological polar surface area (TPSA) is 67.2 Å². The molecule has 0 fully saturated rings. The van der Waals surface area contributed by atoms with E-state index in [9.17, 15) is 4.79 Å². The fourth-order valence-electron chi connectivity index (χ4n) is 2.30. The van der Waals surface area contributed by atoms with Crippen LogP contribution in [0.4, 0.5) is 5.69 Å². The third-order valence-corrected chi connectivity index (χ3v) is 4.05. The molecule has 3 rings (SSSR count). The van der Waals surface area contributed by atoms with Gasteiger partial charge in [0.15, 0.2) is 10.7 Å². The molecule has 5 nitrogen and oxygen atoms in total. The highest BCUT2D eigenvalue weighted by Gasteiger charge is 2.21. The highest BCUT2D eigenvalue weighted by atomic mass is 32.1. The molecule has 1 aromatic heterocycles. The Kier molecular flexibility index (Phi) is 4.78. The number of aryl methyl sites for hydroxylation is 1. The fourth-order valence-corrected chi connectivity index (χ4v) is 2.51. The Balaban J connectivity index is 1.71. The molecule has 0 atom stereocenters. The Labute approximate surface area is 157 Å². The molecule has 0 aliphatic heterocycles. The zero-order valence-electron chi connectivity index (χ0n) is 15.2. The van der Waals surface area contributed by atoms with Crippen molar-refractivity contribution in [2.75, 3.05) is 5.32 Å². The molecule has 0 spiro atoms. The molecule has 2 aromatic carbocycles. The molecule has 1 amide bonds. The molecule has 0 unspecified atom stereocenters. The van der Waals surface area contributed by atoms with Crippen molar-refractivity contribution >= 4 is 40.0 Å². The Morgan fingerprint density at radius 2 is 1.81 bits per heavy atom. The van der Waals surface area contributed by atoms with Gasteiger partial charge in [-0.25, -0.2) is 4.98 Å². The zero-order valence-corrected chi connectivity index (χ0v) is 16.0. The van der Waals surface area contributed by atoms with Gasteiger partial charge in [0.2, 0.25) is 11.8 Å². The first-order chi connectivity index (χ1) is 12.2. The van der Waals surface area contributed by atoms with Gasteiger partial charge in [0, 0.05) is 16.7 Å². The lowest BCUT2D eigenvalue weighted by atomic mass is 9.96. The van der Waals surface area contributed by atoms with Crippen molar-refractivity contribution in [2.45, 2.75) is 27.7 Å². The van der Waals surface area contributed by atoms with Gasteiger partial charge in [-0.05, 0) is 61.1 Å². The number of amides is 1. The molecular formula is C20H21N3O2S. The summed E-state index contributed by atoms with van der Waals surface area (Å²) in [5.41, 5.74) is 3.88. The maximum Gasteiger partial charge on any atom is 0.231 e. The summed E-state index contributed by atoms with van der Waals surface area (Å²) < 4.78 is 5.83. The number of oxazole rings is 1. The lowest BCUT2D eigenvalue weighted by Crippen LogP contribution is -2.41. The van der Waals surface area contributed by atoms with Gasteiger partial charge >= 0.3 is 0 Å². The van der Waals surface area contributed by atoms with E-state index in [0.29, 0.717) is 5.89 Å². The van der Waals surface area contributed by atoms with Crippen molar-refractivity contribution in [3.8, 4) is 11.5 Å². The summed E-state index contributed by atoms with van der Waals surface area (Å²) >= 11 is 5.19. The second-order valence-electron chi connectivity index (χ2n) is 7.23. The van der Waals surface area contributed by atoms with Gasteiger partial charge in [0.1, 0.15) is 5.52 Å². The van der Waals surface area contributed by atoms with E-state index < -0.39 is 5.41 Å². The third kappa shape index (κ3) is 4.08. The van der Waals surface area contributed by atoms with Crippen LogP contribution in [-0.4, -0.2) is 16.0 Å². The minimum atomic E-state index is -0.499. The van der Waals surface area contributed by atoms with Crippen LogP contribution in [0.3, 0.4) is 0 Å². The van der Waals surface area contributed by atoms with E-state index in [1.54, 1.807) is 0 Å². The van der Waals surface area contributed by atoms with Crippen LogP contribution < -0.4 is 10.6 Å². The van der Waals surface area contributed by atoms with Crippen LogP contribution in [0.15, 0.2) is 46.9 Å². The first-order valence-electron chi connectivity index (χ1n) is 8.32. The predicted molar refractivity (Wildman–Crippen MR) is 108 cm³/mol. The maximum atomic E-state index is 12.0. The number of fused-ring (bicyclic) bond motifs is 1. The lowest BCUT2D eigenvalue weighted by molar-refractivity contribution is -0.126. The quantitative estimate of drug-likeness (QED) is 0.645. The molecule has 0 bridgehead atoms. The number of aromatic nitrogens is 1. The number of benzene rings is 2. The van der Waals surface area contributed by atoms with Crippen molar-refractivity contribution in [1.29, 1.82) is 0 Å². The van der Waals surface area contributed by atoms with E-state index in [4.69, 9.17) is 16.6 Å². The second kappa shape index (κ2) is 6.88. The molecule has 2 N–H and O–H groups in total. The van der Waals surface area contributed by atoms with E-state index in [1.807, 2.05) is 70.2 Å². The van der Waals surface area contributed by atoms with Gasteiger partial charge in [-0.15, -0.1) is 0 Å². The number of hydrogen-bond acceptors (Lipinski definition) is 4. The molecule has 0 aliphatic rings. The molecule has 134 valence electrons. The van der Waals surface area contributed by atoms with Crippen LogP contribution in [0.25, 0.3) is 22.6 Å². The van der Waals surface area contributed by atoms with Crippen LogP contribution in [0.2, 0.25) is 0 Å². The van der Waals surface area contributed by atoms with Gasteiger partial charge in [-0.2, -0.15) is 0 Å². The van der Waals surface area contributed by atoms with Crippen LogP contribution in [-0.2, 0) is 4.79 Å². The molecule has 0 saturated carbocycles. The van der Waals surface area contributed by atoms with Gasteiger partial charge < -0.3 is 15.1 Å². The fraction of sp³-hybridized carbons (Fsp3) is 0.250. The Morgan fingerprint density at radius 1 is 1.12 bits per heavy atom. The maximum absolute atomic E-state index is 12.0. The molecule has 0 radical (unpaired) electrons. The highest BCUT2D eigenvalue weighted by molar-refractivity contribution is 7.80. The van der Waals surface area contributed by atoms with Crippen molar-refractivity contribution in [3.05, 3.63) is 48.0 Å². The van der Waals surface area contributed by atoms with E-state index >= 15 is 0 Å². The van der Waals surface area contributed by atoms with Crippen molar-refractivity contribution in [1.82, 2.24) is 10.3 Å². The lowest BCUT2D eigenvalue weighted by Gasteiger charge is -2.18. The number of thiocarbonyl (C=S) groups is 1. The number of hydrogen-bond donors (Lipinski definition) is 2.